The first-order valence-electron chi connectivity index (χ1n) is 5.60. The second kappa shape index (κ2) is 4.79. The van der Waals surface area contributed by atoms with Crippen molar-refractivity contribution in [1.82, 2.24) is 0 Å². The third-order valence-corrected chi connectivity index (χ3v) is 3.13. The number of hydrogen-bond donors (Lipinski definition) is 0. The Balaban J connectivity index is 1.94. The average molecular weight is 314 g/mol. The van der Waals surface area contributed by atoms with Crippen LogP contribution in [0.3, 0.4) is 0 Å². The van der Waals surface area contributed by atoms with Crippen molar-refractivity contribution < 1.29 is 8.83 Å². The highest BCUT2D eigenvalue weighted by Gasteiger charge is 2.09. The summed E-state index contributed by atoms with van der Waals surface area (Å²) >= 11 is 3.26. The van der Waals surface area contributed by atoms with E-state index in [9.17, 15) is 0 Å². The first-order valence-corrected chi connectivity index (χ1v) is 6.39. The van der Waals surface area contributed by atoms with E-state index in [1.54, 1.807) is 12.1 Å². The fourth-order valence-corrected chi connectivity index (χ4v) is 2.08. The summed E-state index contributed by atoms with van der Waals surface area (Å²) in [6.07, 6.45) is 0. The summed E-state index contributed by atoms with van der Waals surface area (Å²) in [5, 5.41) is 0. The minimum absolute atomic E-state index is 0.616. The van der Waals surface area contributed by atoms with E-state index in [2.05, 4.69) is 20.8 Å². The highest BCUT2D eigenvalue weighted by molar-refractivity contribution is 9.10. The molecule has 0 atom stereocenters. The van der Waals surface area contributed by atoms with Crippen molar-refractivity contribution in [2.45, 2.75) is 0 Å². The molecule has 0 saturated heterocycles. The third kappa shape index (κ3) is 2.33. The zero-order valence-electron chi connectivity index (χ0n) is 9.76. The fourth-order valence-electron chi connectivity index (χ4n) is 1.77. The zero-order valence-corrected chi connectivity index (χ0v) is 11.3. The zero-order chi connectivity index (χ0) is 13.2. The maximum Gasteiger partial charge on any atom is 0.187 e. The van der Waals surface area contributed by atoms with Crippen molar-refractivity contribution >= 4 is 21.6 Å². The van der Waals surface area contributed by atoms with Crippen LogP contribution in [0, 0.1) is 6.57 Å². The molecule has 0 radical (unpaired) electrons. The van der Waals surface area contributed by atoms with E-state index in [0.717, 1.165) is 11.3 Å². The van der Waals surface area contributed by atoms with E-state index < -0.39 is 0 Å². The van der Waals surface area contributed by atoms with Crippen LogP contribution in [0.25, 0.3) is 27.7 Å². The van der Waals surface area contributed by atoms with E-state index in [0.29, 0.717) is 21.9 Å². The van der Waals surface area contributed by atoms with Gasteiger partial charge in [0.2, 0.25) is 0 Å². The molecule has 0 saturated carbocycles. The lowest BCUT2D eigenvalue weighted by atomic mass is 10.1. The summed E-state index contributed by atoms with van der Waals surface area (Å²) in [4.78, 5) is 3.36. The van der Waals surface area contributed by atoms with Gasteiger partial charge in [0.15, 0.2) is 21.9 Å². The molecule has 3 rings (SSSR count). The average Bonchev–Trinajstić information content (AvgIpc) is 3.07. The molecule has 2 aromatic heterocycles. The SMILES string of the molecule is [C-]#[N+]c1ccc(-c2ccc(-c3ccc(Br)o3)o2)cc1. The van der Waals surface area contributed by atoms with E-state index in [1.807, 2.05) is 36.4 Å². The van der Waals surface area contributed by atoms with Gasteiger partial charge in [-0.05, 0) is 40.2 Å². The number of nitrogens with zero attached hydrogens (tertiary/aromatic N) is 1. The van der Waals surface area contributed by atoms with Gasteiger partial charge < -0.3 is 8.83 Å². The molecular weight excluding hydrogens is 306 g/mol. The first-order chi connectivity index (χ1) is 9.26. The van der Waals surface area contributed by atoms with Gasteiger partial charge in [-0.2, -0.15) is 0 Å². The van der Waals surface area contributed by atoms with Crippen molar-refractivity contribution in [2.75, 3.05) is 0 Å². The molecule has 0 fully saturated rings. The van der Waals surface area contributed by atoms with Gasteiger partial charge in [0.1, 0.15) is 5.76 Å². The maximum absolute atomic E-state index is 6.92. The van der Waals surface area contributed by atoms with Gasteiger partial charge in [-0.25, -0.2) is 4.85 Å². The first kappa shape index (κ1) is 11.8. The second-order valence-corrected chi connectivity index (χ2v) is 4.71. The molecule has 0 aliphatic heterocycles. The van der Waals surface area contributed by atoms with Crippen molar-refractivity contribution in [2.24, 2.45) is 0 Å². The van der Waals surface area contributed by atoms with Gasteiger partial charge in [-0.3, -0.25) is 0 Å². The van der Waals surface area contributed by atoms with Crippen molar-refractivity contribution in [3.63, 3.8) is 0 Å². The fraction of sp³-hybridized carbons (Fsp3) is 0. The number of benzene rings is 1. The van der Waals surface area contributed by atoms with E-state index >= 15 is 0 Å². The Hall–Kier alpha value is -2.25. The molecule has 3 aromatic rings. The molecule has 0 aliphatic carbocycles. The predicted octanol–water partition coefficient (Wildman–Crippen LogP) is 5.52. The summed E-state index contributed by atoms with van der Waals surface area (Å²) in [5.74, 6) is 2.10. The number of furan rings is 2. The quantitative estimate of drug-likeness (QED) is 0.583. The van der Waals surface area contributed by atoms with Gasteiger partial charge in [-0.15, -0.1) is 0 Å². The second-order valence-electron chi connectivity index (χ2n) is 3.93. The number of rotatable bonds is 2. The van der Waals surface area contributed by atoms with Crippen LogP contribution < -0.4 is 0 Å². The molecule has 4 heteroatoms. The number of halogens is 1. The van der Waals surface area contributed by atoms with Crippen molar-refractivity contribution in [1.29, 1.82) is 0 Å². The molecule has 0 aliphatic rings. The Kier molecular flexibility index (Phi) is 2.98. The highest BCUT2D eigenvalue weighted by atomic mass is 79.9. The minimum Gasteiger partial charge on any atom is -0.453 e. The van der Waals surface area contributed by atoms with Crippen molar-refractivity contribution in [3.05, 3.63) is 64.6 Å². The van der Waals surface area contributed by atoms with E-state index in [-0.39, 0.29) is 0 Å². The molecule has 92 valence electrons. The van der Waals surface area contributed by atoms with Gasteiger partial charge in [-0.1, -0.05) is 24.3 Å². The Morgan fingerprint density at radius 1 is 0.789 bits per heavy atom. The molecule has 0 spiro atoms. The van der Waals surface area contributed by atoms with Gasteiger partial charge in [0.05, 0.1) is 6.57 Å². The summed E-state index contributed by atoms with van der Waals surface area (Å²) in [6.45, 7) is 6.92. The summed E-state index contributed by atoms with van der Waals surface area (Å²) < 4.78 is 11.9. The van der Waals surface area contributed by atoms with Crippen LogP contribution in [-0.4, -0.2) is 0 Å². The van der Waals surface area contributed by atoms with Crippen LogP contribution >= 0.6 is 15.9 Å². The standard InChI is InChI=1S/C15H8BrNO2/c1-17-11-4-2-10(3-5-11)12-6-7-13(18-12)14-8-9-15(16)19-14/h2-9H. The van der Waals surface area contributed by atoms with Gasteiger partial charge in [0, 0.05) is 5.56 Å². The monoisotopic (exact) mass is 313 g/mol. The molecule has 2 heterocycles. The Morgan fingerprint density at radius 3 is 2.05 bits per heavy atom. The minimum atomic E-state index is 0.616. The summed E-state index contributed by atoms with van der Waals surface area (Å²) in [5.41, 5.74) is 1.55. The van der Waals surface area contributed by atoms with Crippen LogP contribution in [0.2, 0.25) is 0 Å². The van der Waals surface area contributed by atoms with E-state index in [4.69, 9.17) is 15.4 Å². The predicted molar refractivity (Wildman–Crippen MR) is 75.8 cm³/mol. The molecular formula is C15H8BrNO2. The molecule has 0 bridgehead atoms. The largest absolute Gasteiger partial charge is 0.453 e. The molecule has 0 amide bonds. The lowest BCUT2D eigenvalue weighted by Gasteiger charge is -1.97. The summed E-state index contributed by atoms with van der Waals surface area (Å²) in [7, 11) is 0. The molecule has 0 unspecified atom stereocenters. The van der Waals surface area contributed by atoms with Crippen LogP contribution in [0.1, 0.15) is 0 Å². The van der Waals surface area contributed by atoms with Gasteiger partial charge in [0.25, 0.3) is 0 Å². The van der Waals surface area contributed by atoms with Gasteiger partial charge >= 0.3 is 0 Å². The molecule has 0 N–H and O–H groups in total. The topological polar surface area (TPSA) is 30.6 Å². The Labute approximate surface area is 118 Å². The lowest BCUT2D eigenvalue weighted by Crippen LogP contribution is -1.71. The van der Waals surface area contributed by atoms with Crippen molar-refractivity contribution in [3.8, 4) is 22.8 Å². The Bertz CT molecular complexity index is 747. The third-order valence-electron chi connectivity index (χ3n) is 2.70. The smallest absolute Gasteiger partial charge is 0.187 e. The highest BCUT2D eigenvalue weighted by Crippen LogP contribution is 2.31. The molecule has 1 aromatic carbocycles. The normalized spacial score (nSPS) is 10.3. The van der Waals surface area contributed by atoms with Crippen LogP contribution in [0.4, 0.5) is 5.69 Å². The summed E-state index contributed by atoms with van der Waals surface area (Å²) in [6, 6.07) is 14.7. The van der Waals surface area contributed by atoms with Crippen LogP contribution in [0.15, 0.2) is 62.0 Å². The number of hydrogen-bond acceptors (Lipinski definition) is 2. The lowest BCUT2D eigenvalue weighted by molar-refractivity contribution is 0.516. The van der Waals surface area contributed by atoms with Crippen LogP contribution in [-0.2, 0) is 0 Å². The maximum atomic E-state index is 6.92. The Morgan fingerprint density at radius 2 is 1.42 bits per heavy atom. The molecule has 19 heavy (non-hydrogen) atoms. The van der Waals surface area contributed by atoms with Crippen LogP contribution in [0.5, 0.6) is 0 Å². The molecule has 3 nitrogen and oxygen atoms in total. The van der Waals surface area contributed by atoms with E-state index in [1.165, 1.54) is 0 Å².